The Morgan fingerprint density at radius 2 is 1.36 bits per heavy atom. The van der Waals surface area contributed by atoms with Crippen LogP contribution in [0.25, 0.3) is 10.9 Å². The summed E-state index contributed by atoms with van der Waals surface area (Å²) in [6.07, 6.45) is 1.75. The third-order valence-corrected chi connectivity index (χ3v) is 8.27. The van der Waals surface area contributed by atoms with Crippen LogP contribution in [0.1, 0.15) is 0 Å². The van der Waals surface area contributed by atoms with Crippen LogP contribution in [0.5, 0.6) is 0 Å². The van der Waals surface area contributed by atoms with Gasteiger partial charge in [0, 0.05) is 63.1 Å². The van der Waals surface area contributed by atoms with Crippen molar-refractivity contribution in [3.8, 4) is 0 Å². The molecule has 3 aromatic carbocycles. The molecule has 0 aliphatic carbocycles. The second-order valence-corrected chi connectivity index (χ2v) is 12.1. The predicted molar refractivity (Wildman–Crippen MR) is 181 cm³/mol. The van der Waals surface area contributed by atoms with E-state index in [4.69, 9.17) is 33.8 Å². The first-order chi connectivity index (χ1) is 20.4. The molecule has 5 aromatic rings. The maximum Gasteiger partial charge on any atom is 0.233 e. The summed E-state index contributed by atoms with van der Waals surface area (Å²) >= 11 is 18.9. The van der Waals surface area contributed by atoms with E-state index in [1.165, 1.54) is 0 Å². The number of pyridine rings is 1. The van der Waals surface area contributed by atoms with Crippen LogP contribution in [-0.2, 0) is 0 Å². The number of halogens is 3. The van der Waals surface area contributed by atoms with Gasteiger partial charge < -0.3 is 25.8 Å². The number of aromatic nitrogens is 4. The molecule has 0 spiro atoms. The zero-order valence-corrected chi connectivity index (χ0v) is 26.8. The summed E-state index contributed by atoms with van der Waals surface area (Å²) < 4.78 is 1.99. The fraction of sp³-hybridized carbons (Fsp3) is 0.138. The van der Waals surface area contributed by atoms with Crippen LogP contribution in [-0.4, -0.2) is 56.1 Å². The molecular weight excluding hydrogens is 702 g/mol. The van der Waals surface area contributed by atoms with Gasteiger partial charge in [0.15, 0.2) is 5.11 Å². The molecule has 0 amide bonds. The third kappa shape index (κ3) is 6.89. The summed E-state index contributed by atoms with van der Waals surface area (Å²) in [5.74, 6) is 1.48. The minimum Gasteiger partial charge on any atom is -0.345 e. The highest BCUT2D eigenvalue weighted by atomic mass is 79.9. The molecule has 42 heavy (non-hydrogen) atoms. The van der Waals surface area contributed by atoms with E-state index in [-0.39, 0.29) is 0 Å². The fourth-order valence-electron chi connectivity index (χ4n) is 4.48. The van der Waals surface area contributed by atoms with Crippen LogP contribution in [0.15, 0.2) is 87.9 Å². The zero-order chi connectivity index (χ0) is 29.1. The van der Waals surface area contributed by atoms with Crippen LogP contribution >= 0.6 is 55.7 Å². The molecule has 0 saturated carbocycles. The molecule has 212 valence electrons. The van der Waals surface area contributed by atoms with E-state index >= 15 is 0 Å². The number of nitrogens with one attached hydrogen (secondary N) is 3. The van der Waals surface area contributed by atoms with E-state index in [1.807, 2.05) is 72.8 Å². The monoisotopic (exact) mass is 723 g/mol. The number of hydrogen-bond acceptors (Lipinski definition) is 8. The minimum atomic E-state index is 0.450. The van der Waals surface area contributed by atoms with Gasteiger partial charge in [0.25, 0.3) is 0 Å². The van der Waals surface area contributed by atoms with Crippen LogP contribution in [0.4, 0.5) is 34.9 Å². The first-order valence-corrected chi connectivity index (χ1v) is 15.4. The van der Waals surface area contributed by atoms with Gasteiger partial charge >= 0.3 is 0 Å². The molecule has 9 nitrogen and oxygen atoms in total. The number of benzene rings is 3. The lowest BCUT2D eigenvalue weighted by Gasteiger charge is -2.36. The Morgan fingerprint density at radius 1 is 0.762 bits per heavy atom. The molecule has 1 aliphatic rings. The summed E-state index contributed by atoms with van der Waals surface area (Å²) in [7, 11) is 0. The van der Waals surface area contributed by atoms with Crippen LogP contribution in [0, 0.1) is 0 Å². The number of hydrogen-bond donors (Lipinski definition) is 3. The lowest BCUT2D eigenvalue weighted by Crippen LogP contribution is -2.50. The number of thiocarbonyl (C=S) groups is 1. The van der Waals surface area contributed by atoms with Crippen molar-refractivity contribution in [2.75, 3.05) is 47.0 Å². The van der Waals surface area contributed by atoms with Gasteiger partial charge in [-0.2, -0.15) is 15.0 Å². The lowest BCUT2D eigenvalue weighted by molar-refractivity contribution is 0.388. The Balaban J connectivity index is 1.18. The van der Waals surface area contributed by atoms with Gasteiger partial charge in [-0.1, -0.05) is 43.5 Å². The second-order valence-electron chi connectivity index (χ2n) is 9.47. The van der Waals surface area contributed by atoms with Crippen molar-refractivity contribution in [3.05, 3.63) is 93.0 Å². The summed E-state index contributed by atoms with van der Waals surface area (Å²) in [4.78, 5) is 22.9. The molecule has 6 rings (SSSR count). The highest BCUT2D eigenvalue weighted by molar-refractivity contribution is 9.10. The quantitative estimate of drug-likeness (QED) is 0.152. The number of anilines is 6. The van der Waals surface area contributed by atoms with E-state index in [2.05, 4.69) is 67.6 Å². The van der Waals surface area contributed by atoms with Gasteiger partial charge in [-0.05, 0) is 85.0 Å². The molecule has 3 heterocycles. The maximum atomic E-state index is 6.15. The van der Waals surface area contributed by atoms with Crippen LogP contribution in [0.3, 0.4) is 0 Å². The van der Waals surface area contributed by atoms with E-state index in [1.54, 1.807) is 6.20 Å². The number of fused-ring (bicyclic) bond motifs is 1. The topological polar surface area (TPSA) is 94.1 Å². The normalized spacial score (nSPS) is 13.2. The summed E-state index contributed by atoms with van der Waals surface area (Å²) in [5, 5.41) is 12.3. The van der Waals surface area contributed by atoms with Gasteiger partial charge in [0.05, 0.1) is 11.2 Å². The molecule has 13 heteroatoms. The smallest absolute Gasteiger partial charge is 0.233 e. The van der Waals surface area contributed by atoms with Crippen LogP contribution < -0.4 is 20.9 Å². The van der Waals surface area contributed by atoms with Crippen molar-refractivity contribution in [2.45, 2.75) is 0 Å². The average molecular weight is 726 g/mol. The molecule has 1 saturated heterocycles. The number of piperazine rings is 1. The van der Waals surface area contributed by atoms with Crippen molar-refractivity contribution in [2.24, 2.45) is 0 Å². The van der Waals surface area contributed by atoms with Crippen LogP contribution in [0.2, 0.25) is 5.02 Å². The van der Waals surface area contributed by atoms with Gasteiger partial charge in [0.1, 0.15) is 0 Å². The molecule has 2 aromatic heterocycles. The zero-order valence-electron chi connectivity index (χ0n) is 22.1. The molecular formula is C29H24Br2ClN9S. The Kier molecular flexibility index (Phi) is 8.66. The SMILES string of the molecule is S=C(Nc1ccnc2cc(Cl)ccc12)N1CCN(c2nc(Nc3ccc(Br)cc3)nc(Nc3ccc(Br)cc3)n2)CC1. The standard InChI is InChI=1S/C29H24Br2ClN9S/c30-18-1-6-21(7-2-18)34-26-37-27(35-22-8-3-19(31)4-9-22)39-28(38-26)40-13-15-41(16-14-40)29(42)36-24-11-12-33-25-17-20(32)5-10-23(24)25/h1-12,17H,13-16H2,(H,33,36,42)(H2,34,35,37,38,39). The average Bonchev–Trinajstić information content (AvgIpc) is 2.99. The Labute approximate surface area is 270 Å². The number of rotatable bonds is 6. The summed E-state index contributed by atoms with van der Waals surface area (Å²) in [5.41, 5.74) is 3.46. The summed E-state index contributed by atoms with van der Waals surface area (Å²) in [6.45, 7) is 2.79. The molecule has 1 aliphatic heterocycles. The highest BCUT2D eigenvalue weighted by Gasteiger charge is 2.23. The van der Waals surface area contributed by atoms with Gasteiger partial charge in [-0.15, -0.1) is 0 Å². The second kappa shape index (κ2) is 12.7. The fourth-order valence-corrected chi connectivity index (χ4v) is 5.46. The largest absolute Gasteiger partial charge is 0.345 e. The van der Waals surface area contributed by atoms with Crippen molar-refractivity contribution in [1.29, 1.82) is 0 Å². The van der Waals surface area contributed by atoms with Gasteiger partial charge in [-0.25, -0.2) is 0 Å². The molecule has 0 atom stereocenters. The first-order valence-electron chi connectivity index (χ1n) is 13.1. The summed E-state index contributed by atoms with van der Waals surface area (Å²) in [6, 6.07) is 23.3. The molecule has 3 N–H and O–H groups in total. The van der Waals surface area contributed by atoms with Crippen molar-refractivity contribution < 1.29 is 0 Å². The molecule has 0 unspecified atom stereocenters. The number of nitrogens with zero attached hydrogens (tertiary/aromatic N) is 6. The minimum absolute atomic E-state index is 0.450. The third-order valence-electron chi connectivity index (χ3n) is 6.62. The first kappa shape index (κ1) is 28.5. The lowest BCUT2D eigenvalue weighted by atomic mass is 10.2. The Hall–Kier alpha value is -3.58. The Morgan fingerprint density at radius 3 is 1.95 bits per heavy atom. The van der Waals surface area contributed by atoms with Gasteiger partial charge in [0.2, 0.25) is 17.8 Å². The maximum absolute atomic E-state index is 6.15. The van der Waals surface area contributed by atoms with Crippen molar-refractivity contribution in [1.82, 2.24) is 24.8 Å². The molecule has 0 bridgehead atoms. The predicted octanol–water partition coefficient (Wildman–Crippen LogP) is 7.60. The van der Waals surface area contributed by atoms with E-state index < -0.39 is 0 Å². The van der Waals surface area contributed by atoms with E-state index in [0.717, 1.165) is 36.9 Å². The Bertz CT molecular complexity index is 1660. The van der Waals surface area contributed by atoms with Crippen molar-refractivity contribution >= 4 is 107 Å². The van der Waals surface area contributed by atoms with E-state index in [0.29, 0.717) is 54.2 Å². The van der Waals surface area contributed by atoms with E-state index in [9.17, 15) is 0 Å². The molecule has 1 fully saturated rings. The molecule has 0 radical (unpaired) electrons. The van der Waals surface area contributed by atoms with Crippen molar-refractivity contribution in [3.63, 3.8) is 0 Å². The van der Waals surface area contributed by atoms with Gasteiger partial charge in [-0.3, -0.25) is 4.98 Å². The highest BCUT2D eigenvalue weighted by Crippen LogP contribution is 2.26.